The van der Waals surface area contributed by atoms with Gasteiger partial charge in [-0.15, -0.1) is 0 Å². The van der Waals surface area contributed by atoms with Crippen LogP contribution in [0.5, 0.6) is 0 Å². The molecule has 3 nitrogen and oxygen atoms in total. The monoisotopic (exact) mass is 309 g/mol. The highest BCUT2D eigenvalue weighted by atomic mass is 35.5. The molecule has 0 saturated carbocycles. The van der Waals surface area contributed by atoms with E-state index >= 15 is 0 Å². The molecule has 0 aliphatic carbocycles. The van der Waals surface area contributed by atoms with Gasteiger partial charge >= 0.3 is 0 Å². The number of para-hydroxylation sites is 1. The van der Waals surface area contributed by atoms with Crippen molar-refractivity contribution < 1.29 is 0 Å². The molecule has 4 heteroatoms. The summed E-state index contributed by atoms with van der Waals surface area (Å²) < 4.78 is 0. The Balaban J connectivity index is 1.76. The summed E-state index contributed by atoms with van der Waals surface area (Å²) in [5, 5.41) is 4.42. The van der Waals surface area contributed by atoms with Crippen LogP contribution in [-0.4, -0.2) is 50.2 Å². The fraction of sp³-hybridized carbons (Fsp3) is 0.647. The number of piperazine rings is 1. The molecule has 0 aromatic heterocycles. The van der Waals surface area contributed by atoms with Crippen molar-refractivity contribution >= 4 is 17.3 Å². The van der Waals surface area contributed by atoms with Crippen LogP contribution in [0.2, 0.25) is 5.02 Å². The maximum Gasteiger partial charge on any atom is 0.0639 e. The number of hydrogen-bond donors (Lipinski definition) is 1. The molecule has 1 heterocycles. The van der Waals surface area contributed by atoms with Gasteiger partial charge in [0.15, 0.2) is 0 Å². The standard InChI is InChI=1S/C17H28ClN3/c1-3-4-9-19-14-15(2)20-10-12-21(13-11-20)17-8-6-5-7-16(17)18/h5-8,15,19H,3-4,9-14H2,1-2H3. The summed E-state index contributed by atoms with van der Waals surface area (Å²) in [5.74, 6) is 0. The highest BCUT2D eigenvalue weighted by molar-refractivity contribution is 6.33. The number of nitrogens with zero attached hydrogens (tertiary/aromatic N) is 2. The van der Waals surface area contributed by atoms with Gasteiger partial charge in [-0.3, -0.25) is 4.90 Å². The smallest absolute Gasteiger partial charge is 0.0639 e. The molecule has 1 unspecified atom stereocenters. The summed E-state index contributed by atoms with van der Waals surface area (Å²) >= 11 is 6.29. The van der Waals surface area contributed by atoms with Crippen LogP contribution in [-0.2, 0) is 0 Å². The zero-order valence-electron chi connectivity index (χ0n) is 13.3. The fourth-order valence-electron chi connectivity index (χ4n) is 2.85. The Labute approximate surface area is 134 Å². The second kappa shape index (κ2) is 8.62. The van der Waals surface area contributed by atoms with E-state index in [1.54, 1.807) is 0 Å². The lowest BCUT2D eigenvalue weighted by atomic mass is 10.2. The SMILES string of the molecule is CCCCNCC(C)N1CCN(c2ccccc2Cl)CC1. The van der Waals surface area contributed by atoms with E-state index in [0.717, 1.165) is 44.3 Å². The van der Waals surface area contributed by atoms with Crippen LogP contribution < -0.4 is 10.2 Å². The maximum absolute atomic E-state index is 6.29. The zero-order chi connectivity index (χ0) is 15.1. The van der Waals surface area contributed by atoms with Gasteiger partial charge in [-0.2, -0.15) is 0 Å². The predicted molar refractivity (Wildman–Crippen MR) is 92.5 cm³/mol. The van der Waals surface area contributed by atoms with E-state index in [-0.39, 0.29) is 0 Å². The molecule has 1 aliphatic rings. The minimum absolute atomic E-state index is 0.607. The lowest BCUT2D eigenvalue weighted by Gasteiger charge is -2.39. The first kappa shape index (κ1) is 16.6. The van der Waals surface area contributed by atoms with Crippen molar-refractivity contribution in [3.63, 3.8) is 0 Å². The predicted octanol–water partition coefficient (Wildman–Crippen LogP) is 3.24. The van der Waals surface area contributed by atoms with Crippen LogP contribution in [0.1, 0.15) is 26.7 Å². The summed E-state index contributed by atoms with van der Waals surface area (Å²) in [5.41, 5.74) is 1.17. The molecule has 1 fully saturated rings. The number of benzene rings is 1. The Hall–Kier alpha value is -0.770. The molecule has 1 saturated heterocycles. The molecule has 2 rings (SSSR count). The highest BCUT2D eigenvalue weighted by Crippen LogP contribution is 2.26. The van der Waals surface area contributed by atoms with Gasteiger partial charge in [-0.1, -0.05) is 37.1 Å². The largest absolute Gasteiger partial charge is 0.368 e. The average molecular weight is 310 g/mol. The van der Waals surface area contributed by atoms with Gasteiger partial charge in [0, 0.05) is 38.8 Å². The number of nitrogens with one attached hydrogen (secondary N) is 1. The molecular formula is C17H28ClN3. The molecule has 1 aromatic carbocycles. The van der Waals surface area contributed by atoms with E-state index < -0.39 is 0 Å². The molecule has 0 bridgehead atoms. The lowest BCUT2D eigenvalue weighted by Crippen LogP contribution is -2.52. The summed E-state index contributed by atoms with van der Waals surface area (Å²) in [4.78, 5) is 4.97. The van der Waals surface area contributed by atoms with Crippen molar-refractivity contribution in [2.75, 3.05) is 44.2 Å². The molecule has 0 amide bonds. The Morgan fingerprint density at radius 2 is 1.90 bits per heavy atom. The topological polar surface area (TPSA) is 18.5 Å². The summed E-state index contributed by atoms with van der Waals surface area (Å²) in [6.07, 6.45) is 2.53. The molecule has 21 heavy (non-hydrogen) atoms. The Morgan fingerprint density at radius 3 is 2.57 bits per heavy atom. The van der Waals surface area contributed by atoms with Crippen LogP contribution in [0.3, 0.4) is 0 Å². The van der Waals surface area contributed by atoms with Crippen molar-refractivity contribution in [2.45, 2.75) is 32.7 Å². The van der Waals surface area contributed by atoms with Crippen LogP contribution in [0.25, 0.3) is 0 Å². The Kier molecular flexibility index (Phi) is 6.81. The third-order valence-electron chi connectivity index (χ3n) is 4.28. The minimum Gasteiger partial charge on any atom is -0.368 e. The number of halogens is 1. The van der Waals surface area contributed by atoms with E-state index in [4.69, 9.17) is 11.6 Å². The van der Waals surface area contributed by atoms with Crippen molar-refractivity contribution in [3.8, 4) is 0 Å². The van der Waals surface area contributed by atoms with Crippen LogP contribution in [0.4, 0.5) is 5.69 Å². The van der Waals surface area contributed by atoms with Gasteiger partial charge in [-0.05, 0) is 32.0 Å². The second-order valence-corrected chi connectivity index (χ2v) is 6.29. The molecule has 0 radical (unpaired) electrons. The molecule has 1 aliphatic heterocycles. The molecule has 1 atom stereocenters. The summed E-state index contributed by atoms with van der Waals surface area (Å²) in [6, 6.07) is 8.76. The Bertz CT molecular complexity index is 416. The first-order valence-electron chi connectivity index (χ1n) is 8.16. The van der Waals surface area contributed by atoms with Gasteiger partial charge in [0.05, 0.1) is 10.7 Å². The van der Waals surface area contributed by atoms with Crippen LogP contribution in [0, 0.1) is 0 Å². The molecule has 118 valence electrons. The third kappa shape index (κ3) is 4.87. The van der Waals surface area contributed by atoms with Crippen LogP contribution >= 0.6 is 11.6 Å². The van der Waals surface area contributed by atoms with Gasteiger partial charge in [0.25, 0.3) is 0 Å². The zero-order valence-corrected chi connectivity index (χ0v) is 14.1. The number of rotatable bonds is 7. The van der Waals surface area contributed by atoms with Crippen LogP contribution in [0.15, 0.2) is 24.3 Å². The molecule has 0 spiro atoms. The lowest BCUT2D eigenvalue weighted by molar-refractivity contribution is 0.193. The molecular weight excluding hydrogens is 282 g/mol. The summed E-state index contributed by atoms with van der Waals surface area (Å²) in [6.45, 7) is 11.1. The Morgan fingerprint density at radius 1 is 1.19 bits per heavy atom. The molecule has 1 N–H and O–H groups in total. The van der Waals surface area contributed by atoms with E-state index in [9.17, 15) is 0 Å². The normalized spacial score (nSPS) is 18.0. The number of hydrogen-bond acceptors (Lipinski definition) is 3. The van der Waals surface area contributed by atoms with Gasteiger partial charge in [0.2, 0.25) is 0 Å². The second-order valence-electron chi connectivity index (χ2n) is 5.88. The van der Waals surface area contributed by atoms with Crippen molar-refractivity contribution in [3.05, 3.63) is 29.3 Å². The van der Waals surface area contributed by atoms with E-state index in [1.165, 1.54) is 18.5 Å². The number of unbranched alkanes of at least 4 members (excludes halogenated alkanes) is 1. The van der Waals surface area contributed by atoms with E-state index in [1.807, 2.05) is 12.1 Å². The molecule has 1 aromatic rings. The number of anilines is 1. The van der Waals surface area contributed by atoms with Gasteiger partial charge in [0.1, 0.15) is 0 Å². The quantitative estimate of drug-likeness (QED) is 0.780. The van der Waals surface area contributed by atoms with Crippen molar-refractivity contribution in [1.82, 2.24) is 10.2 Å². The first-order valence-corrected chi connectivity index (χ1v) is 8.54. The summed E-state index contributed by atoms with van der Waals surface area (Å²) in [7, 11) is 0. The maximum atomic E-state index is 6.29. The van der Waals surface area contributed by atoms with E-state index in [2.05, 4.69) is 41.1 Å². The van der Waals surface area contributed by atoms with Gasteiger partial charge < -0.3 is 10.2 Å². The fourth-order valence-corrected chi connectivity index (χ4v) is 3.11. The van der Waals surface area contributed by atoms with Crippen molar-refractivity contribution in [1.29, 1.82) is 0 Å². The average Bonchev–Trinajstić information content (AvgIpc) is 2.52. The highest BCUT2D eigenvalue weighted by Gasteiger charge is 2.21. The minimum atomic E-state index is 0.607. The first-order chi connectivity index (χ1) is 10.2. The third-order valence-corrected chi connectivity index (χ3v) is 4.60. The van der Waals surface area contributed by atoms with Crippen molar-refractivity contribution in [2.24, 2.45) is 0 Å². The van der Waals surface area contributed by atoms with Gasteiger partial charge in [-0.25, -0.2) is 0 Å². The van der Waals surface area contributed by atoms with E-state index in [0.29, 0.717) is 6.04 Å².